The predicted molar refractivity (Wildman–Crippen MR) is 66.6 cm³/mol. The Kier molecular flexibility index (Phi) is 4.37. The molecule has 1 rings (SSSR count). The second-order valence-corrected chi connectivity index (χ2v) is 3.68. The van der Waals surface area contributed by atoms with Crippen molar-refractivity contribution in [3.63, 3.8) is 0 Å². The van der Waals surface area contributed by atoms with Gasteiger partial charge in [0, 0.05) is 24.1 Å². The molecule has 0 saturated heterocycles. The first-order valence-electron chi connectivity index (χ1n) is 4.69. The summed E-state index contributed by atoms with van der Waals surface area (Å²) in [5.41, 5.74) is 6.36. The Hall–Kier alpha value is -1.49. The summed E-state index contributed by atoms with van der Waals surface area (Å²) in [6.45, 7) is 0. The summed E-state index contributed by atoms with van der Waals surface area (Å²) in [4.78, 5) is 0.391. The van der Waals surface area contributed by atoms with Gasteiger partial charge in [-0.15, -0.1) is 0 Å². The standard InChI is InChI=1S/C11H15NO3S/c1-13-7-4-9(14-2)8(6-11(12)16)10(5-7)15-3/h4-5H,6H2,1-3H3,(H2,12,16). The van der Waals surface area contributed by atoms with Crippen molar-refractivity contribution in [1.29, 1.82) is 0 Å². The van der Waals surface area contributed by atoms with Crippen LogP contribution in [-0.4, -0.2) is 26.3 Å². The fourth-order valence-electron chi connectivity index (χ4n) is 1.43. The zero-order valence-corrected chi connectivity index (χ0v) is 10.4. The van der Waals surface area contributed by atoms with Crippen LogP contribution in [0.5, 0.6) is 17.2 Å². The Morgan fingerprint density at radius 3 is 1.94 bits per heavy atom. The van der Waals surface area contributed by atoms with Gasteiger partial charge < -0.3 is 19.9 Å². The van der Waals surface area contributed by atoms with Crippen LogP contribution < -0.4 is 19.9 Å². The molecule has 88 valence electrons. The van der Waals surface area contributed by atoms with Crippen molar-refractivity contribution < 1.29 is 14.2 Å². The van der Waals surface area contributed by atoms with Gasteiger partial charge in [-0.1, -0.05) is 12.2 Å². The van der Waals surface area contributed by atoms with E-state index in [9.17, 15) is 0 Å². The van der Waals surface area contributed by atoms with E-state index < -0.39 is 0 Å². The molecule has 0 aliphatic carbocycles. The third-order valence-electron chi connectivity index (χ3n) is 2.17. The number of hydrogen-bond acceptors (Lipinski definition) is 4. The minimum Gasteiger partial charge on any atom is -0.496 e. The van der Waals surface area contributed by atoms with Gasteiger partial charge in [0.2, 0.25) is 0 Å². The van der Waals surface area contributed by atoms with Crippen LogP contribution in [0, 0.1) is 0 Å². The van der Waals surface area contributed by atoms with Crippen molar-refractivity contribution in [3.8, 4) is 17.2 Å². The van der Waals surface area contributed by atoms with E-state index in [0.29, 0.717) is 28.7 Å². The van der Waals surface area contributed by atoms with Gasteiger partial charge in [-0.25, -0.2) is 0 Å². The van der Waals surface area contributed by atoms with Gasteiger partial charge in [-0.05, 0) is 0 Å². The summed E-state index contributed by atoms with van der Waals surface area (Å²) in [5.74, 6) is 1.98. The molecule has 0 saturated carbocycles. The lowest BCUT2D eigenvalue weighted by Crippen LogP contribution is -2.12. The van der Waals surface area contributed by atoms with Crippen molar-refractivity contribution in [2.45, 2.75) is 6.42 Å². The molecule has 0 amide bonds. The average molecular weight is 241 g/mol. The number of benzene rings is 1. The molecule has 0 atom stereocenters. The molecule has 16 heavy (non-hydrogen) atoms. The number of ether oxygens (including phenoxy) is 3. The van der Waals surface area contributed by atoms with Crippen molar-refractivity contribution in [2.24, 2.45) is 5.73 Å². The number of thiocarbonyl (C=S) groups is 1. The molecule has 0 aliphatic rings. The largest absolute Gasteiger partial charge is 0.496 e. The number of methoxy groups -OCH3 is 3. The minimum atomic E-state index is 0.391. The highest BCUT2D eigenvalue weighted by Gasteiger charge is 2.13. The molecule has 0 bridgehead atoms. The maximum Gasteiger partial charge on any atom is 0.129 e. The van der Waals surface area contributed by atoms with Gasteiger partial charge in [-0.3, -0.25) is 0 Å². The average Bonchev–Trinajstić information content (AvgIpc) is 2.28. The number of nitrogens with two attached hydrogens (primary N) is 1. The molecular weight excluding hydrogens is 226 g/mol. The van der Waals surface area contributed by atoms with Crippen molar-refractivity contribution in [2.75, 3.05) is 21.3 Å². The summed E-state index contributed by atoms with van der Waals surface area (Å²) in [5, 5.41) is 0. The third kappa shape index (κ3) is 2.76. The summed E-state index contributed by atoms with van der Waals surface area (Å²) in [6, 6.07) is 3.55. The molecule has 0 aromatic heterocycles. The lowest BCUT2D eigenvalue weighted by molar-refractivity contribution is 0.370. The fraction of sp³-hybridized carbons (Fsp3) is 0.364. The van der Waals surface area contributed by atoms with E-state index in [4.69, 9.17) is 32.2 Å². The van der Waals surface area contributed by atoms with Gasteiger partial charge in [-0.2, -0.15) is 0 Å². The Balaban J connectivity index is 3.25. The van der Waals surface area contributed by atoms with Gasteiger partial charge in [0.15, 0.2) is 0 Å². The van der Waals surface area contributed by atoms with Gasteiger partial charge in [0.05, 0.1) is 26.3 Å². The maximum atomic E-state index is 5.53. The van der Waals surface area contributed by atoms with Gasteiger partial charge in [0.25, 0.3) is 0 Å². The molecule has 0 spiro atoms. The van der Waals surface area contributed by atoms with Crippen LogP contribution in [0.3, 0.4) is 0 Å². The van der Waals surface area contributed by atoms with Crippen LogP contribution >= 0.6 is 12.2 Å². The van der Waals surface area contributed by atoms with Gasteiger partial charge >= 0.3 is 0 Å². The molecule has 0 radical (unpaired) electrons. The summed E-state index contributed by atoms with van der Waals surface area (Å²) < 4.78 is 15.6. The number of rotatable bonds is 5. The predicted octanol–water partition coefficient (Wildman–Crippen LogP) is 1.54. The summed E-state index contributed by atoms with van der Waals surface area (Å²) >= 11 is 4.89. The van der Waals surface area contributed by atoms with E-state index in [2.05, 4.69) is 0 Å². The lowest BCUT2D eigenvalue weighted by atomic mass is 10.1. The summed E-state index contributed by atoms with van der Waals surface area (Å²) in [7, 11) is 4.75. The first-order chi connectivity index (χ1) is 7.62. The van der Waals surface area contributed by atoms with E-state index in [0.717, 1.165) is 5.56 Å². The highest BCUT2D eigenvalue weighted by Crippen LogP contribution is 2.34. The minimum absolute atomic E-state index is 0.391. The normalized spacial score (nSPS) is 9.69. The highest BCUT2D eigenvalue weighted by molar-refractivity contribution is 7.80. The van der Waals surface area contributed by atoms with Crippen molar-refractivity contribution in [3.05, 3.63) is 17.7 Å². The van der Waals surface area contributed by atoms with Crippen LogP contribution in [0.1, 0.15) is 5.56 Å². The van der Waals surface area contributed by atoms with Crippen LogP contribution in [0.15, 0.2) is 12.1 Å². The molecule has 1 aromatic carbocycles. The zero-order valence-electron chi connectivity index (χ0n) is 9.57. The molecule has 2 N–H and O–H groups in total. The maximum absolute atomic E-state index is 5.53. The second kappa shape index (κ2) is 5.55. The molecule has 5 heteroatoms. The second-order valence-electron chi connectivity index (χ2n) is 3.15. The summed E-state index contributed by atoms with van der Waals surface area (Å²) in [6.07, 6.45) is 0.436. The number of hydrogen-bond donors (Lipinski definition) is 1. The smallest absolute Gasteiger partial charge is 0.129 e. The molecule has 0 fully saturated rings. The zero-order chi connectivity index (χ0) is 12.1. The van der Waals surface area contributed by atoms with Crippen LogP contribution in [0.2, 0.25) is 0 Å². The van der Waals surface area contributed by atoms with E-state index in [-0.39, 0.29) is 0 Å². The van der Waals surface area contributed by atoms with E-state index >= 15 is 0 Å². The first kappa shape index (κ1) is 12.6. The van der Waals surface area contributed by atoms with E-state index in [1.807, 2.05) is 0 Å². The quantitative estimate of drug-likeness (QED) is 0.792. The van der Waals surface area contributed by atoms with Crippen LogP contribution in [0.4, 0.5) is 0 Å². The van der Waals surface area contributed by atoms with Crippen LogP contribution in [-0.2, 0) is 6.42 Å². The monoisotopic (exact) mass is 241 g/mol. The Morgan fingerprint density at radius 2 is 1.62 bits per heavy atom. The third-order valence-corrected chi connectivity index (χ3v) is 2.31. The van der Waals surface area contributed by atoms with Crippen molar-refractivity contribution >= 4 is 17.2 Å². The molecule has 4 nitrogen and oxygen atoms in total. The Morgan fingerprint density at radius 1 is 1.12 bits per heavy atom. The highest BCUT2D eigenvalue weighted by atomic mass is 32.1. The van der Waals surface area contributed by atoms with E-state index in [1.165, 1.54) is 0 Å². The SMILES string of the molecule is COc1cc(OC)c(CC(N)=S)c(OC)c1. The first-order valence-corrected chi connectivity index (χ1v) is 5.10. The Bertz CT molecular complexity index is 368. The topological polar surface area (TPSA) is 53.7 Å². The molecular formula is C11H15NO3S. The molecule has 0 aliphatic heterocycles. The fourth-order valence-corrected chi connectivity index (χ4v) is 1.57. The Labute approximate surface area is 100 Å². The lowest BCUT2D eigenvalue weighted by Gasteiger charge is -2.14. The molecule has 1 aromatic rings. The molecule has 0 unspecified atom stereocenters. The van der Waals surface area contributed by atoms with Crippen LogP contribution in [0.25, 0.3) is 0 Å². The molecule has 0 heterocycles. The van der Waals surface area contributed by atoms with Crippen molar-refractivity contribution in [1.82, 2.24) is 0 Å². The van der Waals surface area contributed by atoms with E-state index in [1.54, 1.807) is 33.5 Å². The van der Waals surface area contributed by atoms with Gasteiger partial charge in [0.1, 0.15) is 17.2 Å².